The van der Waals surface area contributed by atoms with Gasteiger partial charge in [0.15, 0.2) is 5.25 Å². The summed E-state index contributed by atoms with van der Waals surface area (Å²) in [5.74, 6) is -1.49. The van der Waals surface area contributed by atoms with Crippen LogP contribution in [0.3, 0.4) is 0 Å². The number of hydrogen-bond acceptors (Lipinski definition) is 4. The molecule has 1 N–H and O–H groups in total. The van der Waals surface area contributed by atoms with Gasteiger partial charge in [0.25, 0.3) is 0 Å². The van der Waals surface area contributed by atoms with Gasteiger partial charge in [0.2, 0.25) is 0 Å². The molecule has 0 heterocycles. The molecule has 2 atom stereocenters. The van der Waals surface area contributed by atoms with Gasteiger partial charge in [-0.1, -0.05) is 42.5 Å². The quantitative estimate of drug-likeness (QED) is 0.822. The lowest BCUT2D eigenvalue weighted by Crippen LogP contribution is -2.18. The lowest BCUT2D eigenvalue weighted by atomic mass is 10.1. The Bertz CT molecular complexity index is 710. The predicted molar refractivity (Wildman–Crippen MR) is 86.4 cm³/mol. The van der Waals surface area contributed by atoms with E-state index in [1.807, 2.05) is 0 Å². The zero-order valence-electron chi connectivity index (χ0n) is 12.5. The molecule has 0 bridgehead atoms. The molecule has 5 nitrogen and oxygen atoms in total. The smallest absolute Gasteiger partial charge is 0.337 e. The van der Waals surface area contributed by atoms with Crippen LogP contribution in [-0.4, -0.2) is 28.4 Å². The number of carbonyl (C=O) groups excluding carboxylic acids is 1. The van der Waals surface area contributed by atoms with Crippen molar-refractivity contribution < 1.29 is 23.6 Å². The van der Waals surface area contributed by atoms with Crippen molar-refractivity contribution in [1.29, 1.82) is 0 Å². The molecule has 2 unspecified atom stereocenters. The van der Waals surface area contributed by atoms with Crippen LogP contribution >= 0.6 is 0 Å². The number of esters is 1. The second-order valence-corrected chi connectivity index (χ2v) is 6.36. The zero-order valence-corrected chi connectivity index (χ0v) is 13.3. The Kier molecular flexibility index (Phi) is 5.65. The molecule has 23 heavy (non-hydrogen) atoms. The summed E-state index contributed by atoms with van der Waals surface area (Å²) in [6.07, 6.45) is 0. The van der Waals surface area contributed by atoms with Gasteiger partial charge in [-0.2, -0.15) is 0 Å². The number of carboxylic acids is 1. The Morgan fingerprint density at radius 1 is 1.09 bits per heavy atom. The van der Waals surface area contributed by atoms with Crippen LogP contribution in [0.2, 0.25) is 0 Å². The van der Waals surface area contributed by atoms with Gasteiger partial charge >= 0.3 is 11.9 Å². The maximum absolute atomic E-state index is 12.5. The molecule has 0 aliphatic carbocycles. The third-order valence-electron chi connectivity index (χ3n) is 3.27. The highest BCUT2D eigenvalue weighted by Gasteiger charge is 2.26. The molecule has 0 amide bonds. The Labute approximate surface area is 136 Å². The van der Waals surface area contributed by atoms with E-state index in [0.717, 1.165) is 0 Å². The summed E-state index contributed by atoms with van der Waals surface area (Å²) >= 11 is 0. The topological polar surface area (TPSA) is 80.7 Å². The molecule has 2 rings (SSSR count). The van der Waals surface area contributed by atoms with Gasteiger partial charge in [-0.05, 0) is 23.3 Å². The number of carboxylic acid groups (broad SMARTS) is 1. The highest BCUT2D eigenvalue weighted by atomic mass is 32.2. The predicted octanol–water partition coefficient (Wildman–Crippen LogP) is 2.55. The Hall–Kier alpha value is -2.47. The molecule has 0 aromatic heterocycles. The minimum Gasteiger partial charge on any atom is -0.480 e. The fraction of sp³-hybridized carbons (Fsp3) is 0.176. The highest BCUT2D eigenvalue weighted by molar-refractivity contribution is 7.85. The van der Waals surface area contributed by atoms with Crippen LogP contribution in [0.4, 0.5) is 0 Å². The van der Waals surface area contributed by atoms with Crippen LogP contribution < -0.4 is 0 Å². The first-order valence-corrected chi connectivity index (χ1v) is 8.23. The number of hydrogen-bond donors (Lipinski definition) is 1. The van der Waals surface area contributed by atoms with E-state index in [9.17, 15) is 18.9 Å². The number of aliphatic carboxylic acids is 1. The number of rotatable bonds is 6. The summed E-state index contributed by atoms with van der Waals surface area (Å²) < 4.78 is 17.1. The van der Waals surface area contributed by atoms with Crippen molar-refractivity contribution in [2.45, 2.75) is 11.0 Å². The van der Waals surface area contributed by atoms with Crippen molar-refractivity contribution in [3.8, 4) is 0 Å². The van der Waals surface area contributed by atoms with Crippen molar-refractivity contribution in [3.63, 3.8) is 0 Å². The van der Waals surface area contributed by atoms with E-state index < -0.39 is 28.0 Å². The number of methoxy groups -OCH3 is 1. The summed E-state index contributed by atoms with van der Waals surface area (Å²) in [5, 5.41) is 8.28. The molecule has 2 aromatic rings. The first-order chi connectivity index (χ1) is 11.0. The molecule has 0 aliphatic rings. The summed E-state index contributed by atoms with van der Waals surface area (Å²) in [4.78, 5) is 22.8. The van der Waals surface area contributed by atoms with Crippen LogP contribution in [0.5, 0.6) is 0 Å². The maximum Gasteiger partial charge on any atom is 0.337 e. The van der Waals surface area contributed by atoms with Crippen LogP contribution in [0.1, 0.15) is 26.7 Å². The van der Waals surface area contributed by atoms with E-state index in [2.05, 4.69) is 4.74 Å². The van der Waals surface area contributed by atoms with Gasteiger partial charge in [-0.25, -0.2) is 4.79 Å². The van der Waals surface area contributed by atoms with E-state index in [-0.39, 0.29) is 5.75 Å². The summed E-state index contributed by atoms with van der Waals surface area (Å²) in [5.41, 5.74) is 1.59. The number of benzene rings is 2. The van der Waals surface area contributed by atoms with E-state index in [1.165, 1.54) is 7.11 Å². The fourth-order valence-corrected chi connectivity index (χ4v) is 3.51. The van der Waals surface area contributed by atoms with E-state index in [4.69, 9.17) is 0 Å². The molecular formula is C17H16O5S. The minimum atomic E-state index is -1.62. The average molecular weight is 332 g/mol. The molecule has 0 aliphatic heterocycles. The average Bonchev–Trinajstić information content (AvgIpc) is 2.55. The summed E-state index contributed by atoms with van der Waals surface area (Å²) in [6, 6.07) is 14.9. The summed E-state index contributed by atoms with van der Waals surface area (Å²) in [7, 11) is -0.330. The normalized spacial score (nSPS) is 13.1. The molecule has 0 saturated heterocycles. The Morgan fingerprint density at radius 3 is 2.22 bits per heavy atom. The van der Waals surface area contributed by atoms with Crippen molar-refractivity contribution in [2.24, 2.45) is 0 Å². The third kappa shape index (κ3) is 4.26. The molecule has 6 heteroatoms. The minimum absolute atomic E-state index is 0.0906. The second kappa shape index (κ2) is 7.69. The van der Waals surface area contributed by atoms with Crippen LogP contribution in [0.25, 0.3) is 0 Å². The molecule has 0 radical (unpaired) electrons. The van der Waals surface area contributed by atoms with Crippen LogP contribution in [-0.2, 0) is 26.1 Å². The lowest BCUT2D eigenvalue weighted by molar-refractivity contribution is -0.136. The van der Waals surface area contributed by atoms with Crippen molar-refractivity contribution in [2.75, 3.05) is 7.11 Å². The Balaban J connectivity index is 2.16. The van der Waals surface area contributed by atoms with Gasteiger partial charge < -0.3 is 9.84 Å². The number of carbonyl (C=O) groups is 2. The first-order valence-electron chi connectivity index (χ1n) is 6.85. The van der Waals surface area contributed by atoms with Crippen molar-refractivity contribution >= 4 is 22.7 Å². The van der Waals surface area contributed by atoms with Crippen LogP contribution in [0.15, 0.2) is 54.6 Å². The zero-order chi connectivity index (χ0) is 16.8. The van der Waals surface area contributed by atoms with Crippen molar-refractivity contribution in [3.05, 3.63) is 71.3 Å². The van der Waals surface area contributed by atoms with E-state index >= 15 is 0 Å². The molecule has 2 aromatic carbocycles. The summed E-state index contributed by atoms with van der Waals surface area (Å²) in [6.45, 7) is 0. The largest absolute Gasteiger partial charge is 0.480 e. The molecule has 0 fully saturated rings. The molecule has 0 spiro atoms. The molecule has 120 valence electrons. The number of ether oxygens (including phenoxy) is 1. The van der Waals surface area contributed by atoms with Gasteiger partial charge in [0.1, 0.15) is 0 Å². The van der Waals surface area contributed by atoms with Crippen molar-refractivity contribution in [1.82, 2.24) is 0 Å². The van der Waals surface area contributed by atoms with E-state index in [0.29, 0.717) is 16.7 Å². The van der Waals surface area contributed by atoms with E-state index in [1.54, 1.807) is 54.6 Å². The van der Waals surface area contributed by atoms with Gasteiger partial charge in [0, 0.05) is 16.6 Å². The molecular weight excluding hydrogens is 316 g/mol. The SMILES string of the molecule is COC(=O)c1ccc(CS(=O)C(C(=O)O)c2ccccc2)cc1. The third-order valence-corrected chi connectivity index (χ3v) is 4.89. The molecule has 0 saturated carbocycles. The Morgan fingerprint density at radius 2 is 1.70 bits per heavy atom. The van der Waals surface area contributed by atoms with Gasteiger partial charge in [0.05, 0.1) is 12.7 Å². The maximum atomic E-state index is 12.5. The lowest BCUT2D eigenvalue weighted by Gasteiger charge is -2.13. The standard InChI is InChI=1S/C17H16O5S/c1-22-17(20)14-9-7-12(8-10-14)11-23(21)15(16(18)19)13-5-3-2-4-6-13/h2-10,15H,11H2,1H3,(H,18,19). The fourth-order valence-electron chi connectivity index (χ4n) is 2.14. The monoisotopic (exact) mass is 332 g/mol. The van der Waals surface area contributed by atoms with Gasteiger partial charge in [-0.15, -0.1) is 0 Å². The second-order valence-electron chi connectivity index (χ2n) is 4.84. The van der Waals surface area contributed by atoms with Gasteiger partial charge in [-0.3, -0.25) is 9.00 Å². The highest BCUT2D eigenvalue weighted by Crippen LogP contribution is 2.23. The van der Waals surface area contributed by atoms with Crippen LogP contribution in [0, 0.1) is 0 Å². The first kappa shape index (κ1) is 16.9.